The van der Waals surface area contributed by atoms with Crippen LogP contribution in [0.15, 0.2) is 30.3 Å². The van der Waals surface area contributed by atoms with Crippen LogP contribution >= 0.6 is 0 Å². The topological polar surface area (TPSA) is 84.9 Å². The van der Waals surface area contributed by atoms with Crippen LogP contribution in [0.2, 0.25) is 0 Å². The first-order valence-electron chi connectivity index (χ1n) is 5.83. The van der Waals surface area contributed by atoms with Crippen molar-refractivity contribution < 1.29 is 24.2 Å². The molecule has 1 atom stereocenters. The molecule has 6 nitrogen and oxygen atoms in total. The molecule has 1 aromatic rings. The fraction of sp³-hybridized carbons (Fsp3) is 0.385. The highest BCUT2D eigenvalue weighted by Gasteiger charge is 2.22. The van der Waals surface area contributed by atoms with Gasteiger partial charge >= 0.3 is 12.1 Å². The van der Waals surface area contributed by atoms with E-state index in [1.165, 1.54) is 7.11 Å². The molecule has 104 valence electrons. The number of nitrogens with one attached hydrogen (secondary N) is 1. The van der Waals surface area contributed by atoms with Gasteiger partial charge < -0.3 is 19.9 Å². The molecular weight excluding hydrogens is 250 g/mol. The smallest absolute Gasteiger partial charge is 0.408 e. The Hall–Kier alpha value is -2.08. The SMILES string of the molecule is COCCNC(=O)OC(Cc1ccccc1)C(=O)O. The Labute approximate surface area is 111 Å². The van der Waals surface area contributed by atoms with Gasteiger partial charge in [0.1, 0.15) is 0 Å². The van der Waals surface area contributed by atoms with E-state index in [1.807, 2.05) is 6.07 Å². The van der Waals surface area contributed by atoms with Gasteiger partial charge in [0.2, 0.25) is 6.10 Å². The highest BCUT2D eigenvalue weighted by molar-refractivity contribution is 5.77. The van der Waals surface area contributed by atoms with Crippen molar-refractivity contribution in [2.24, 2.45) is 0 Å². The van der Waals surface area contributed by atoms with Crippen LogP contribution in [0.1, 0.15) is 5.56 Å². The van der Waals surface area contributed by atoms with Crippen molar-refractivity contribution in [2.45, 2.75) is 12.5 Å². The molecule has 1 aromatic carbocycles. The average Bonchev–Trinajstić information content (AvgIpc) is 2.39. The minimum absolute atomic E-state index is 0.133. The van der Waals surface area contributed by atoms with Crippen LogP contribution in [0.4, 0.5) is 4.79 Å². The first-order valence-corrected chi connectivity index (χ1v) is 5.83. The van der Waals surface area contributed by atoms with E-state index in [0.29, 0.717) is 6.61 Å². The Morgan fingerprint density at radius 1 is 1.32 bits per heavy atom. The Morgan fingerprint density at radius 2 is 2.00 bits per heavy atom. The van der Waals surface area contributed by atoms with E-state index >= 15 is 0 Å². The molecule has 0 aliphatic rings. The molecule has 19 heavy (non-hydrogen) atoms. The van der Waals surface area contributed by atoms with Crippen molar-refractivity contribution in [3.63, 3.8) is 0 Å². The second-order valence-corrected chi connectivity index (χ2v) is 3.84. The molecule has 6 heteroatoms. The lowest BCUT2D eigenvalue weighted by atomic mass is 10.1. The largest absolute Gasteiger partial charge is 0.478 e. The number of aliphatic carboxylic acids is 1. The van der Waals surface area contributed by atoms with Gasteiger partial charge in [-0.2, -0.15) is 0 Å². The van der Waals surface area contributed by atoms with Gasteiger partial charge in [-0.15, -0.1) is 0 Å². The third-order valence-electron chi connectivity index (χ3n) is 2.36. The number of carboxylic acids is 1. The molecule has 0 radical (unpaired) electrons. The molecular formula is C13H17NO5. The van der Waals surface area contributed by atoms with Gasteiger partial charge in [-0.25, -0.2) is 9.59 Å². The summed E-state index contributed by atoms with van der Waals surface area (Å²) in [4.78, 5) is 22.4. The maximum atomic E-state index is 11.4. The number of alkyl carbamates (subject to hydrolysis) is 1. The first-order chi connectivity index (χ1) is 9.13. The molecule has 1 unspecified atom stereocenters. The number of carbonyl (C=O) groups excluding carboxylic acids is 1. The Morgan fingerprint density at radius 3 is 2.58 bits per heavy atom. The fourth-order valence-corrected chi connectivity index (χ4v) is 1.43. The van der Waals surface area contributed by atoms with Crippen LogP contribution in [0.5, 0.6) is 0 Å². The minimum atomic E-state index is -1.20. The lowest BCUT2D eigenvalue weighted by Gasteiger charge is -2.14. The van der Waals surface area contributed by atoms with Crippen LogP contribution in [0.3, 0.4) is 0 Å². The van der Waals surface area contributed by atoms with Crippen molar-refractivity contribution in [1.82, 2.24) is 5.32 Å². The first kappa shape index (κ1) is 15.0. The van der Waals surface area contributed by atoms with Gasteiger partial charge in [-0.3, -0.25) is 0 Å². The Bertz CT molecular complexity index is 407. The molecule has 0 spiro atoms. The van der Waals surface area contributed by atoms with E-state index in [-0.39, 0.29) is 13.0 Å². The summed E-state index contributed by atoms with van der Waals surface area (Å²) in [5.74, 6) is -1.18. The molecule has 0 fully saturated rings. The number of carboxylic acid groups (broad SMARTS) is 1. The maximum absolute atomic E-state index is 11.4. The summed E-state index contributed by atoms with van der Waals surface area (Å²) < 4.78 is 9.61. The molecule has 0 aromatic heterocycles. The van der Waals surface area contributed by atoms with Crippen LogP contribution in [0.25, 0.3) is 0 Å². The zero-order chi connectivity index (χ0) is 14.1. The summed E-state index contributed by atoms with van der Waals surface area (Å²) in [5, 5.41) is 11.4. The Balaban J connectivity index is 2.49. The number of benzene rings is 1. The molecule has 2 N–H and O–H groups in total. The monoisotopic (exact) mass is 267 g/mol. The van der Waals surface area contributed by atoms with Crippen LogP contribution in [-0.4, -0.2) is 43.5 Å². The highest BCUT2D eigenvalue weighted by Crippen LogP contribution is 2.06. The van der Waals surface area contributed by atoms with E-state index in [1.54, 1.807) is 24.3 Å². The van der Waals surface area contributed by atoms with E-state index in [4.69, 9.17) is 14.6 Å². The van der Waals surface area contributed by atoms with Gasteiger partial charge in [0, 0.05) is 20.1 Å². The zero-order valence-corrected chi connectivity index (χ0v) is 10.7. The second kappa shape index (κ2) is 8.10. The Kier molecular flexibility index (Phi) is 6.38. The third kappa shape index (κ3) is 5.87. The lowest BCUT2D eigenvalue weighted by molar-refractivity contribution is -0.146. The van der Waals surface area contributed by atoms with Crippen molar-refractivity contribution in [2.75, 3.05) is 20.3 Å². The van der Waals surface area contributed by atoms with Crippen LogP contribution < -0.4 is 5.32 Å². The van der Waals surface area contributed by atoms with Gasteiger partial charge in [0.05, 0.1) is 6.61 Å². The van der Waals surface area contributed by atoms with E-state index in [9.17, 15) is 9.59 Å². The van der Waals surface area contributed by atoms with Gasteiger partial charge in [0.15, 0.2) is 0 Å². The predicted molar refractivity (Wildman–Crippen MR) is 67.9 cm³/mol. The van der Waals surface area contributed by atoms with Crippen molar-refractivity contribution >= 4 is 12.1 Å². The fourth-order valence-electron chi connectivity index (χ4n) is 1.43. The average molecular weight is 267 g/mol. The van der Waals surface area contributed by atoms with Crippen LogP contribution in [-0.2, 0) is 20.7 Å². The lowest BCUT2D eigenvalue weighted by Crippen LogP contribution is -2.35. The predicted octanol–water partition coefficient (Wildman–Crippen LogP) is 1.05. The third-order valence-corrected chi connectivity index (χ3v) is 2.36. The van der Waals surface area contributed by atoms with Crippen molar-refractivity contribution in [1.29, 1.82) is 0 Å². The maximum Gasteiger partial charge on any atom is 0.408 e. The summed E-state index contributed by atoms with van der Waals surface area (Å²) in [6, 6.07) is 8.99. The molecule has 1 amide bonds. The summed E-state index contributed by atoms with van der Waals surface area (Å²) in [5.41, 5.74) is 0.791. The van der Waals surface area contributed by atoms with Gasteiger partial charge in [-0.05, 0) is 5.56 Å². The molecule has 1 rings (SSSR count). The molecule has 0 bridgehead atoms. The molecule has 0 aliphatic carbocycles. The van der Waals surface area contributed by atoms with Crippen molar-refractivity contribution in [3.05, 3.63) is 35.9 Å². The normalized spacial score (nSPS) is 11.6. The van der Waals surface area contributed by atoms with E-state index < -0.39 is 18.2 Å². The van der Waals surface area contributed by atoms with E-state index in [0.717, 1.165) is 5.56 Å². The van der Waals surface area contributed by atoms with Gasteiger partial charge in [-0.1, -0.05) is 30.3 Å². The summed E-state index contributed by atoms with van der Waals surface area (Å²) in [6.45, 7) is 0.610. The number of hydrogen-bond acceptors (Lipinski definition) is 4. The zero-order valence-electron chi connectivity index (χ0n) is 10.7. The number of carbonyl (C=O) groups is 2. The number of hydrogen-bond donors (Lipinski definition) is 2. The van der Waals surface area contributed by atoms with Crippen LogP contribution in [0, 0.1) is 0 Å². The van der Waals surface area contributed by atoms with E-state index in [2.05, 4.69) is 5.32 Å². The van der Waals surface area contributed by atoms with Gasteiger partial charge in [0.25, 0.3) is 0 Å². The number of methoxy groups -OCH3 is 1. The molecule has 0 heterocycles. The second-order valence-electron chi connectivity index (χ2n) is 3.84. The number of ether oxygens (including phenoxy) is 2. The summed E-state index contributed by atoms with van der Waals surface area (Å²) in [6.07, 6.45) is -1.83. The molecule has 0 aliphatic heterocycles. The minimum Gasteiger partial charge on any atom is -0.478 e. The standard InChI is InChI=1S/C13H17NO5/c1-18-8-7-14-13(17)19-11(12(15)16)9-10-5-3-2-4-6-10/h2-6,11H,7-9H2,1H3,(H,14,17)(H,15,16). The molecule has 0 saturated heterocycles. The highest BCUT2D eigenvalue weighted by atomic mass is 16.6. The summed E-state index contributed by atoms with van der Waals surface area (Å²) >= 11 is 0. The van der Waals surface area contributed by atoms with Crippen molar-refractivity contribution in [3.8, 4) is 0 Å². The molecule has 0 saturated carbocycles. The number of amides is 1. The quantitative estimate of drug-likeness (QED) is 0.721. The summed E-state index contributed by atoms with van der Waals surface area (Å²) in [7, 11) is 1.50. The number of rotatable bonds is 7.